The Bertz CT molecular complexity index is 3860. The number of aromatic nitrogens is 4. The van der Waals surface area contributed by atoms with Gasteiger partial charge in [0.25, 0.3) is 0 Å². The topological polar surface area (TPSA) is 93.6 Å². The van der Waals surface area contributed by atoms with Gasteiger partial charge in [0.2, 0.25) is 0 Å². The zero-order valence-electron chi connectivity index (χ0n) is 42.9. The molecule has 9 nitrogen and oxygen atoms in total. The number of ether oxygens (including phenoxy) is 1. The molecule has 0 unspecified atom stereocenters. The number of hydrogen-bond donors (Lipinski definition) is 2. The van der Waals surface area contributed by atoms with Crippen LogP contribution >= 0.6 is 69.8 Å². The maximum atomic E-state index is 6.46. The molecule has 0 bridgehead atoms. The minimum Gasteiger partial charge on any atom is -0.455 e. The monoisotopic (exact) mass is 1130 g/mol. The molecule has 6 aliphatic rings. The highest BCUT2D eigenvalue weighted by Gasteiger charge is 2.37. The lowest BCUT2D eigenvalue weighted by Gasteiger charge is -2.45. The number of benzene rings is 8. The van der Waals surface area contributed by atoms with Gasteiger partial charge in [-0.2, -0.15) is 0 Å². The highest BCUT2D eigenvalue weighted by Crippen LogP contribution is 2.38. The summed E-state index contributed by atoms with van der Waals surface area (Å²) in [6.45, 7) is 10.9. The van der Waals surface area contributed by atoms with Crippen LogP contribution in [0.1, 0.15) is 53.4 Å². The van der Waals surface area contributed by atoms with Crippen LogP contribution in [0.25, 0.3) is 56.2 Å². The van der Waals surface area contributed by atoms with Crippen LogP contribution in [0.5, 0.6) is 11.5 Å². The van der Waals surface area contributed by atoms with E-state index >= 15 is 0 Å². The summed E-state index contributed by atoms with van der Waals surface area (Å²) in [6.07, 6.45) is 3.87. The predicted molar refractivity (Wildman–Crippen MR) is 319 cm³/mol. The van der Waals surface area contributed by atoms with Crippen molar-refractivity contribution in [1.29, 1.82) is 0 Å². The average Bonchev–Trinajstić information content (AvgIpc) is 3.51. The fourth-order valence-electron chi connectivity index (χ4n) is 10.8. The summed E-state index contributed by atoms with van der Waals surface area (Å²) in [4.78, 5) is 22.7. The minimum absolute atomic E-state index is 0.0197. The van der Waals surface area contributed by atoms with E-state index in [1.54, 1.807) is 11.8 Å². The molecule has 2 aliphatic carbocycles. The molecular weight excluding hydrogens is 1080 g/mol. The molecule has 0 aromatic heterocycles. The summed E-state index contributed by atoms with van der Waals surface area (Å²) in [5.74, 6) is 1.45. The van der Waals surface area contributed by atoms with Gasteiger partial charge in [-0.25, -0.2) is 9.97 Å². The molecule has 2 N–H and O–H groups in total. The van der Waals surface area contributed by atoms with E-state index in [-0.39, 0.29) is 23.2 Å². The van der Waals surface area contributed by atoms with Gasteiger partial charge in [-0.1, -0.05) is 118 Å². The zero-order chi connectivity index (χ0) is 53.4. The first-order chi connectivity index (χ1) is 37.1. The molecule has 0 amide bonds. The quantitative estimate of drug-likeness (QED) is 0.147. The molecule has 12 rings (SSSR count). The molecule has 2 fully saturated rings. The molecule has 6 aromatic carbocycles. The van der Waals surface area contributed by atoms with E-state index in [4.69, 9.17) is 82.7 Å². The van der Waals surface area contributed by atoms with Crippen molar-refractivity contribution >= 4 is 91.8 Å². The first-order valence-corrected chi connectivity index (χ1v) is 28.4. The fourth-order valence-corrected chi connectivity index (χ4v) is 12.5. The third kappa shape index (κ3) is 12.1. The Labute approximate surface area is 477 Å². The predicted octanol–water partition coefficient (Wildman–Crippen LogP) is 16.3. The van der Waals surface area contributed by atoms with Crippen molar-refractivity contribution < 1.29 is 4.74 Å². The molecule has 6 aromatic rings. The molecular formula is C62H55Cl5N8OS. The third-order valence-corrected chi connectivity index (χ3v) is 16.5. The van der Waals surface area contributed by atoms with Gasteiger partial charge in [0.15, 0.2) is 5.75 Å². The molecule has 0 atom stereocenters. The lowest BCUT2D eigenvalue weighted by Crippen LogP contribution is -2.59. The highest BCUT2D eigenvalue weighted by atomic mass is 35.5. The van der Waals surface area contributed by atoms with Crippen LogP contribution in [0.4, 0.5) is 0 Å². The fraction of sp³-hybridized carbons (Fsp3) is 0.226. The van der Waals surface area contributed by atoms with Gasteiger partial charge in [-0.3, -0.25) is 9.98 Å². The van der Waals surface area contributed by atoms with Gasteiger partial charge in [-0.15, -0.1) is 0 Å². The van der Waals surface area contributed by atoms with Crippen LogP contribution in [0.3, 0.4) is 0 Å². The Morgan fingerprint density at radius 1 is 0.545 bits per heavy atom. The molecule has 0 radical (unpaired) electrons. The van der Waals surface area contributed by atoms with Gasteiger partial charge >= 0.3 is 0 Å². The summed E-state index contributed by atoms with van der Waals surface area (Å²) in [6, 6.07) is 54.3. The number of rotatable bonds is 8. The van der Waals surface area contributed by atoms with Crippen molar-refractivity contribution in [3.05, 3.63) is 200 Å². The second-order valence-corrected chi connectivity index (χ2v) is 24.0. The Morgan fingerprint density at radius 2 is 1.14 bits per heavy atom. The maximum Gasteiger partial charge on any atom is 0.154 e. The normalized spacial score (nSPS) is 16.3. The van der Waals surface area contributed by atoms with E-state index < -0.39 is 0 Å². The van der Waals surface area contributed by atoms with Crippen LogP contribution in [-0.2, 0) is 0 Å². The van der Waals surface area contributed by atoms with Gasteiger partial charge in [0, 0.05) is 43.3 Å². The summed E-state index contributed by atoms with van der Waals surface area (Å²) in [5.41, 5.74) is 9.10. The van der Waals surface area contributed by atoms with Crippen LogP contribution < -0.4 is 26.1 Å². The van der Waals surface area contributed by atoms with Crippen molar-refractivity contribution in [2.75, 3.05) is 13.1 Å². The van der Waals surface area contributed by atoms with Gasteiger partial charge < -0.3 is 24.5 Å². The SMILES string of the molecule is CC1(C)CC(N=c2cc3n(-c4ccccc4)c4ccc(Cl)cc4nc-3cc2Oc2ccccc2)CC(C)(C)N1.Clc1ccc(Sc2cc3nc4ccccc4n(-c4ccc(Cl)c(Cl)c4)c-3cc2=NC2CCNCC2)cc1Cl. The number of halogens is 5. The van der Waals surface area contributed by atoms with E-state index in [2.05, 4.69) is 83.9 Å². The minimum atomic E-state index is -0.0197. The number of hydrogen-bond acceptors (Lipinski definition) is 8. The number of para-hydroxylation sites is 4. The van der Waals surface area contributed by atoms with Gasteiger partial charge in [0.05, 0.1) is 82.4 Å². The molecule has 4 heterocycles. The molecule has 15 heteroatoms. The van der Waals surface area contributed by atoms with Crippen LogP contribution in [-0.4, -0.2) is 55.4 Å². The highest BCUT2D eigenvalue weighted by molar-refractivity contribution is 7.99. The van der Waals surface area contributed by atoms with E-state index in [0.29, 0.717) is 30.9 Å². The van der Waals surface area contributed by atoms with E-state index in [1.165, 1.54) is 0 Å². The lowest BCUT2D eigenvalue weighted by molar-refractivity contribution is 0.162. The smallest absolute Gasteiger partial charge is 0.154 e. The van der Waals surface area contributed by atoms with Crippen LogP contribution in [0.15, 0.2) is 184 Å². The standard InChI is InChI=1S/C33H33ClN4O.C29H22Cl4N4S/c1-32(2)20-23(21-33(3,4)37-32)35-28-18-30-27(19-31(28)39-25-13-9-6-10-14-25)36-26-17-22(34)15-16-29(26)38(30)24-11-7-5-8-12-24;30-20-7-5-18(13-22(20)32)37-27-4-2-1-3-24(27)36-25-16-29(38-19-6-8-21(31)23(33)14-19)26(15-28(25)37)35-17-9-11-34-12-10-17/h5-19,23,37H,20-21H2,1-4H3;1-8,13-17,34H,9-12H2. The molecule has 2 saturated heterocycles. The third-order valence-electron chi connectivity index (χ3n) is 13.8. The molecule has 0 saturated carbocycles. The first kappa shape index (κ1) is 53.1. The molecule has 0 spiro atoms. The van der Waals surface area contributed by atoms with Crippen LogP contribution in [0, 0.1) is 0 Å². The molecule has 77 heavy (non-hydrogen) atoms. The van der Waals surface area contributed by atoms with Crippen molar-refractivity contribution in [3.8, 4) is 45.6 Å². The van der Waals surface area contributed by atoms with Crippen LogP contribution in [0.2, 0.25) is 25.1 Å². The Kier molecular flexibility index (Phi) is 15.5. The van der Waals surface area contributed by atoms with Gasteiger partial charge in [0.1, 0.15) is 11.1 Å². The largest absolute Gasteiger partial charge is 0.455 e. The number of piperidine rings is 2. The summed E-state index contributed by atoms with van der Waals surface area (Å²) >= 11 is 33.2. The number of fused-ring (bicyclic) bond motifs is 4. The van der Waals surface area contributed by atoms with Crippen molar-refractivity contribution in [2.24, 2.45) is 9.98 Å². The van der Waals surface area contributed by atoms with E-state index in [0.717, 1.165) is 121 Å². The number of nitrogens with one attached hydrogen (secondary N) is 2. The van der Waals surface area contributed by atoms with Crippen molar-refractivity contribution in [1.82, 2.24) is 29.7 Å². The molecule has 390 valence electrons. The van der Waals surface area contributed by atoms with E-state index in [9.17, 15) is 0 Å². The number of nitrogens with zero attached hydrogens (tertiary/aromatic N) is 6. The lowest BCUT2D eigenvalue weighted by atomic mass is 9.80. The van der Waals surface area contributed by atoms with E-state index in [1.807, 2.05) is 127 Å². The van der Waals surface area contributed by atoms with Gasteiger partial charge in [-0.05, 0) is 176 Å². The Morgan fingerprint density at radius 3 is 1.86 bits per heavy atom. The maximum absolute atomic E-state index is 6.46. The Balaban J connectivity index is 0.000000164. The second-order valence-electron chi connectivity index (χ2n) is 20.9. The average molecular weight is 1140 g/mol. The van der Waals surface area contributed by atoms with Crippen molar-refractivity contribution in [3.63, 3.8) is 0 Å². The zero-order valence-corrected chi connectivity index (χ0v) is 47.5. The first-order valence-electron chi connectivity index (χ1n) is 25.7. The Hall–Kier alpha value is -5.92. The summed E-state index contributed by atoms with van der Waals surface area (Å²) < 4.78 is 10.9. The van der Waals surface area contributed by atoms with Crippen molar-refractivity contribution in [2.45, 2.75) is 86.3 Å². The second kappa shape index (κ2) is 22.4. The molecule has 4 aliphatic heterocycles. The summed E-state index contributed by atoms with van der Waals surface area (Å²) in [5, 5.41) is 11.7. The summed E-state index contributed by atoms with van der Waals surface area (Å²) in [7, 11) is 0.